The number of hydrogen-bond donors (Lipinski definition) is 1. The van der Waals surface area contributed by atoms with E-state index in [1.54, 1.807) is 4.90 Å². The molecule has 1 aromatic heterocycles. The Hall–Kier alpha value is -1.82. The van der Waals surface area contributed by atoms with Gasteiger partial charge in [0.1, 0.15) is 5.69 Å². The van der Waals surface area contributed by atoms with E-state index in [0.29, 0.717) is 31.9 Å². The highest BCUT2D eigenvalue weighted by Gasteiger charge is 2.49. The predicted octanol–water partition coefficient (Wildman–Crippen LogP) is 1.52. The van der Waals surface area contributed by atoms with Crippen molar-refractivity contribution in [1.29, 1.82) is 0 Å². The van der Waals surface area contributed by atoms with Crippen LogP contribution in [0.3, 0.4) is 0 Å². The molecule has 0 aromatic carbocycles. The van der Waals surface area contributed by atoms with Crippen molar-refractivity contribution < 1.29 is 14.7 Å². The number of likely N-dealkylation sites (tertiary alicyclic amines) is 2. The lowest BCUT2D eigenvalue weighted by Crippen LogP contribution is -2.51. The molecule has 6 heteroatoms. The summed E-state index contributed by atoms with van der Waals surface area (Å²) in [5, 5.41) is 9.15. The maximum Gasteiger partial charge on any atom is 0.270 e. The first-order chi connectivity index (χ1) is 11.5. The van der Waals surface area contributed by atoms with E-state index in [1.165, 1.54) is 0 Å². The topological polar surface area (TPSA) is 65.8 Å². The van der Waals surface area contributed by atoms with Crippen LogP contribution in [0.1, 0.15) is 49.6 Å². The highest BCUT2D eigenvalue weighted by molar-refractivity contribution is 5.94. The van der Waals surface area contributed by atoms with Crippen LogP contribution in [-0.2, 0) is 4.79 Å². The number of β-amino-alcohol motifs (C(OH)–C–C–N with tert-alkyl or cyclic N) is 1. The lowest BCUT2D eigenvalue weighted by atomic mass is 9.78. The zero-order chi connectivity index (χ0) is 17.3. The molecule has 1 unspecified atom stereocenters. The molecule has 2 saturated heterocycles. The van der Waals surface area contributed by atoms with Gasteiger partial charge in [0.25, 0.3) is 5.91 Å². The van der Waals surface area contributed by atoms with Gasteiger partial charge in [0.05, 0.1) is 12.0 Å². The van der Waals surface area contributed by atoms with Gasteiger partial charge in [-0.2, -0.15) is 0 Å². The van der Waals surface area contributed by atoms with Crippen LogP contribution in [0.4, 0.5) is 0 Å². The van der Waals surface area contributed by atoms with Crippen LogP contribution >= 0.6 is 0 Å². The Kier molecular flexibility index (Phi) is 4.67. The number of amides is 2. The first-order valence-electron chi connectivity index (χ1n) is 8.85. The molecule has 2 aliphatic heterocycles. The smallest absolute Gasteiger partial charge is 0.270 e. The summed E-state index contributed by atoms with van der Waals surface area (Å²) in [6.07, 6.45) is 4.43. The maximum atomic E-state index is 12.9. The molecule has 24 heavy (non-hydrogen) atoms. The van der Waals surface area contributed by atoms with E-state index in [9.17, 15) is 9.59 Å². The van der Waals surface area contributed by atoms with Crippen LogP contribution in [0.15, 0.2) is 18.3 Å². The minimum absolute atomic E-state index is 0.00757. The monoisotopic (exact) mass is 333 g/mol. The van der Waals surface area contributed by atoms with E-state index in [-0.39, 0.29) is 24.5 Å². The number of nitrogens with zero attached hydrogens (tertiary/aromatic N) is 3. The van der Waals surface area contributed by atoms with Crippen molar-refractivity contribution in [1.82, 2.24) is 14.4 Å². The molecule has 0 saturated carbocycles. The van der Waals surface area contributed by atoms with Gasteiger partial charge in [-0.05, 0) is 45.2 Å². The summed E-state index contributed by atoms with van der Waals surface area (Å²) in [5.74, 6) is 0.120. The molecule has 0 radical (unpaired) electrons. The highest BCUT2D eigenvalue weighted by atomic mass is 16.3. The predicted molar refractivity (Wildman–Crippen MR) is 90.7 cm³/mol. The van der Waals surface area contributed by atoms with Gasteiger partial charge < -0.3 is 19.5 Å². The highest BCUT2D eigenvalue weighted by Crippen LogP contribution is 2.40. The van der Waals surface area contributed by atoms with Gasteiger partial charge >= 0.3 is 0 Å². The van der Waals surface area contributed by atoms with Crippen molar-refractivity contribution in [2.75, 3.05) is 32.8 Å². The van der Waals surface area contributed by atoms with Crippen LogP contribution in [0, 0.1) is 5.41 Å². The fourth-order valence-electron chi connectivity index (χ4n) is 4.10. The third kappa shape index (κ3) is 2.83. The summed E-state index contributed by atoms with van der Waals surface area (Å²) in [4.78, 5) is 29.3. The van der Waals surface area contributed by atoms with Crippen molar-refractivity contribution in [3.63, 3.8) is 0 Å². The molecule has 132 valence electrons. The third-order valence-corrected chi connectivity index (χ3v) is 5.39. The number of carbonyl (C=O) groups is 2. The molecule has 1 N–H and O–H groups in total. The largest absolute Gasteiger partial charge is 0.395 e. The average Bonchev–Trinajstić information content (AvgIpc) is 3.20. The second-order valence-electron chi connectivity index (χ2n) is 7.27. The van der Waals surface area contributed by atoms with Gasteiger partial charge in [0, 0.05) is 38.4 Å². The Labute approximate surface area is 143 Å². The van der Waals surface area contributed by atoms with Crippen molar-refractivity contribution >= 4 is 11.8 Å². The summed E-state index contributed by atoms with van der Waals surface area (Å²) in [7, 11) is 0. The molecule has 2 amide bonds. The average molecular weight is 333 g/mol. The molecular formula is C18H27N3O3. The summed E-state index contributed by atoms with van der Waals surface area (Å²) in [6.45, 7) is 6.33. The molecule has 6 nitrogen and oxygen atoms in total. The Morgan fingerprint density at radius 2 is 2.12 bits per heavy atom. The first-order valence-corrected chi connectivity index (χ1v) is 8.85. The molecule has 3 heterocycles. The van der Waals surface area contributed by atoms with Crippen LogP contribution in [0.25, 0.3) is 0 Å². The number of piperidine rings is 1. The minimum Gasteiger partial charge on any atom is -0.395 e. The van der Waals surface area contributed by atoms with Crippen LogP contribution in [-0.4, -0.2) is 64.1 Å². The van der Waals surface area contributed by atoms with Gasteiger partial charge in [-0.15, -0.1) is 0 Å². The van der Waals surface area contributed by atoms with Crippen molar-refractivity contribution in [3.05, 3.63) is 24.0 Å². The Bertz CT molecular complexity index is 623. The second kappa shape index (κ2) is 6.59. The molecule has 1 spiro atoms. The maximum absolute atomic E-state index is 12.9. The Morgan fingerprint density at radius 3 is 2.83 bits per heavy atom. The summed E-state index contributed by atoms with van der Waals surface area (Å²) in [5.41, 5.74) is 0.246. The van der Waals surface area contributed by atoms with Gasteiger partial charge in [-0.1, -0.05) is 0 Å². The van der Waals surface area contributed by atoms with E-state index < -0.39 is 5.41 Å². The molecule has 0 bridgehead atoms. The summed E-state index contributed by atoms with van der Waals surface area (Å²) in [6, 6.07) is 3.98. The first kappa shape index (κ1) is 17.0. The second-order valence-corrected chi connectivity index (χ2v) is 7.27. The van der Waals surface area contributed by atoms with E-state index >= 15 is 0 Å². The lowest BCUT2D eigenvalue weighted by Gasteiger charge is -2.39. The molecular weight excluding hydrogens is 306 g/mol. The fourth-order valence-corrected chi connectivity index (χ4v) is 4.10. The molecule has 0 aliphatic carbocycles. The summed E-state index contributed by atoms with van der Waals surface area (Å²) < 4.78 is 1.98. The van der Waals surface area contributed by atoms with E-state index in [4.69, 9.17) is 5.11 Å². The molecule has 2 fully saturated rings. The van der Waals surface area contributed by atoms with Gasteiger partial charge in [-0.25, -0.2) is 0 Å². The fraction of sp³-hybridized carbons (Fsp3) is 0.667. The van der Waals surface area contributed by atoms with E-state index in [1.807, 2.05) is 27.8 Å². The number of carbonyl (C=O) groups excluding carboxylic acids is 2. The van der Waals surface area contributed by atoms with Crippen molar-refractivity contribution in [2.24, 2.45) is 5.41 Å². The van der Waals surface area contributed by atoms with Gasteiger partial charge in [-0.3, -0.25) is 9.59 Å². The normalized spacial score (nSPS) is 24.4. The lowest BCUT2D eigenvalue weighted by molar-refractivity contribution is -0.146. The number of aliphatic hydroxyl groups is 1. The SMILES string of the molecule is CC(C)n1cccc1C(=O)N1CCC2(CCCN(CCO)C2=O)C1. The van der Waals surface area contributed by atoms with Crippen molar-refractivity contribution in [3.8, 4) is 0 Å². The number of aromatic nitrogens is 1. The Balaban J connectivity index is 1.76. The zero-order valence-corrected chi connectivity index (χ0v) is 14.6. The third-order valence-electron chi connectivity index (χ3n) is 5.39. The number of aliphatic hydroxyl groups excluding tert-OH is 1. The van der Waals surface area contributed by atoms with E-state index in [2.05, 4.69) is 13.8 Å². The quantitative estimate of drug-likeness (QED) is 0.908. The zero-order valence-electron chi connectivity index (χ0n) is 14.6. The minimum atomic E-state index is -0.446. The van der Waals surface area contributed by atoms with E-state index in [0.717, 1.165) is 19.3 Å². The standard InChI is InChI=1S/C18H27N3O3/c1-14(2)21-9-3-5-15(21)16(23)20-10-7-18(13-20)6-4-8-19(11-12-22)17(18)24/h3,5,9,14,22H,4,6-8,10-13H2,1-2H3. The van der Waals surface area contributed by atoms with Crippen LogP contribution in [0.5, 0.6) is 0 Å². The van der Waals surface area contributed by atoms with Crippen molar-refractivity contribution in [2.45, 2.75) is 39.2 Å². The molecule has 1 aromatic rings. The number of hydrogen-bond acceptors (Lipinski definition) is 3. The molecule has 2 aliphatic rings. The Morgan fingerprint density at radius 1 is 1.33 bits per heavy atom. The van der Waals surface area contributed by atoms with Gasteiger partial charge in [0.15, 0.2) is 0 Å². The van der Waals surface area contributed by atoms with Crippen LogP contribution < -0.4 is 0 Å². The van der Waals surface area contributed by atoms with Crippen LogP contribution in [0.2, 0.25) is 0 Å². The molecule has 3 rings (SSSR count). The summed E-state index contributed by atoms with van der Waals surface area (Å²) >= 11 is 0. The molecule has 1 atom stereocenters. The van der Waals surface area contributed by atoms with Gasteiger partial charge in [0.2, 0.25) is 5.91 Å². The number of rotatable bonds is 4.